The molecular weight excluding hydrogens is 245 g/mol. The molecule has 0 amide bonds. The van der Waals surface area contributed by atoms with E-state index < -0.39 is 0 Å². The van der Waals surface area contributed by atoms with Crippen molar-refractivity contribution in [2.45, 2.75) is 13.5 Å². The number of nitrogens with two attached hydrogens (primary N) is 1. The maximum Gasteiger partial charge on any atom is 0.181 e. The van der Waals surface area contributed by atoms with E-state index in [1.807, 2.05) is 0 Å². The Labute approximate surface area is 110 Å². The molecule has 4 nitrogen and oxygen atoms in total. The normalized spacial score (nSPS) is 12.7. The number of nitrogens with zero attached hydrogens (tertiary/aromatic N) is 2. The zero-order chi connectivity index (χ0) is 13.7. The van der Waals surface area contributed by atoms with E-state index in [4.69, 9.17) is 10.2 Å². The van der Waals surface area contributed by atoms with Crippen molar-refractivity contribution >= 4 is 5.71 Å². The quantitative estimate of drug-likeness (QED) is 0.858. The van der Waals surface area contributed by atoms with Gasteiger partial charge in [0.1, 0.15) is 17.8 Å². The fourth-order valence-electron chi connectivity index (χ4n) is 1.55. The molecule has 1 aromatic carbocycles. The SMILES string of the molecule is C/C(N)=C/C(=NCc1ccccc1F)c1cocn1. The summed E-state index contributed by atoms with van der Waals surface area (Å²) in [7, 11) is 0. The summed E-state index contributed by atoms with van der Waals surface area (Å²) < 4.78 is 18.4. The largest absolute Gasteiger partial charge is 0.451 e. The first-order valence-electron chi connectivity index (χ1n) is 5.77. The Balaban J connectivity index is 2.27. The van der Waals surface area contributed by atoms with Crippen LogP contribution in [0.15, 0.2) is 58.1 Å². The molecule has 0 aliphatic heterocycles. The number of oxazole rings is 1. The average Bonchev–Trinajstić information content (AvgIpc) is 2.89. The van der Waals surface area contributed by atoms with Crippen LogP contribution in [0.1, 0.15) is 18.2 Å². The molecule has 0 bridgehead atoms. The number of benzene rings is 1. The van der Waals surface area contributed by atoms with Gasteiger partial charge in [0, 0.05) is 11.3 Å². The highest BCUT2D eigenvalue weighted by Crippen LogP contribution is 2.09. The number of aliphatic imine (C=N–C) groups is 1. The van der Waals surface area contributed by atoms with Gasteiger partial charge in [-0.05, 0) is 19.1 Å². The van der Waals surface area contributed by atoms with Crippen LogP contribution in [-0.2, 0) is 6.54 Å². The molecule has 1 aromatic heterocycles. The first-order chi connectivity index (χ1) is 9.16. The second-order valence-electron chi connectivity index (χ2n) is 4.05. The van der Waals surface area contributed by atoms with Gasteiger partial charge in [-0.3, -0.25) is 4.99 Å². The summed E-state index contributed by atoms with van der Waals surface area (Å²) >= 11 is 0. The highest BCUT2D eigenvalue weighted by Gasteiger charge is 2.05. The number of hydrogen-bond donors (Lipinski definition) is 1. The molecule has 0 unspecified atom stereocenters. The van der Waals surface area contributed by atoms with Crippen molar-refractivity contribution in [1.29, 1.82) is 0 Å². The van der Waals surface area contributed by atoms with Crippen molar-refractivity contribution in [3.63, 3.8) is 0 Å². The molecule has 98 valence electrons. The van der Waals surface area contributed by atoms with E-state index in [9.17, 15) is 4.39 Å². The van der Waals surface area contributed by atoms with Crippen molar-refractivity contribution in [3.8, 4) is 0 Å². The van der Waals surface area contributed by atoms with Crippen LogP contribution in [0.25, 0.3) is 0 Å². The third kappa shape index (κ3) is 3.51. The van der Waals surface area contributed by atoms with Gasteiger partial charge in [-0.1, -0.05) is 18.2 Å². The van der Waals surface area contributed by atoms with Gasteiger partial charge in [0.2, 0.25) is 0 Å². The predicted octanol–water partition coefficient (Wildman–Crippen LogP) is 2.67. The number of aromatic nitrogens is 1. The summed E-state index contributed by atoms with van der Waals surface area (Å²) in [6.07, 6.45) is 4.46. The van der Waals surface area contributed by atoms with Gasteiger partial charge in [0.05, 0.1) is 12.3 Å². The third-order valence-corrected chi connectivity index (χ3v) is 2.44. The van der Waals surface area contributed by atoms with E-state index in [-0.39, 0.29) is 12.4 Å². The van der Waals surface area contributed by atoms with Crippen molar-refractivity contribution in [3.05, 3.63) is 65.8 Å². The van der Waals surface area contributed by atoms with Crippen molar-refractivity contribution < 1.29 is 8.81 Å². The molecule has 0 spiro atoms. The highest BCUT2D eigenvalue weighted by molar-refractivity contribution is 6.07. The Hall–Kier alpha value is -2.43. The lowest BCUT2D eigenvalue weighted by atomic mass is 10.2. The van der Waals surface area contributed by atoms with Gasteiger partial charge >= 0.3 is 0 Å². The molecule has 0 aliphatic rings. The van der Waals surface area contributed by atoms with Gasteiger partial charge < -0.3 is 10.2 Å². The predicted molar refractivity (Wildman–Crippen MR) is 71.1 cm³/mol. The summed E-state index contributed by atoms with van der Waals surface area (Å²) in [5, 5.41) is 0. The second kappa shape index (κ2) is 5.95. The summed E-state index contributed by atoms with van der Waals surface area (Å²) in [5.74, 6) is -0.279. The fraction of sp³-hybridized carbons (Fsp3) is 0.143. The zero-order valence-corrected chi connectivity index (χ0v) is 10.5. The minimum Gasteiger partial charge on any atom is -0.451 e. The Morgan fingerprint density at radius 2 is 2.26 bits per heavy atom. The van der Waals surface area contributed by atoms with Crippen LogP contribution in [-0.4, -0.2) is 10.7 Å². The smallest absolute Gasteiger partial charge is 0.181 e. The second-order valence-corrected chi connectivity index (χ2v) is 4.05. The molecule has 1 heterocycles. The Morgan fingerprint density at radius 3 is 2.89 bits per heavy atom. The molecular formula is C14H14FN3O. The topological polar surface area (TPSA) is 64.4 Å². The molecule has 0 atom stereocenters. The lowest BCUT2D eigenvalue weighted by Gasteiger charge is -2.01. The minimum absolute atomic E-state index is 0.221. The lowest BCUT2D eigenvalue weighted by molar-refractivity contribution is 0.557. The first kappa shape index (κ1) is 13.0. The maximum atomic E-state index is 13.5. The number of allylic oxidation sites excluding steroid dienone is 2. The fourth-order valence-corrected chi connectivity index (χ4v) is 1.55. The van der Waals surface area contributed by atoms with Crippen LogP contribution in [0.2, 0.25) is 0 Å². The van der Waals surface area contributed by atoms with E-state index in [0.717, 1.165) is 0 Å². The maximum absolute atomic E-state index is 13.5. The molecule has 0 aliphatic carbocycles. The highest BCUT2D eigenvalue weighted by atomic mass is 19.1. The number of halogens is 1. The van der Waals surface area contributed by atoms with Crippen molar-refractivity contribution in [2.75, 3.05) is 0 Å². The standard InChI is InChI=1S/C14H14FN3O/c1-10(16)6-13(14-8-19-9-18-14)17-7-11-4-2-3-5-12(11)15/h2-6,8-9H,7,16H2,1H3/b10-6-,17-13?. The van der Waals surface area contributed by atoms with Gasteiger partial charge in [-0.2, -0.15) is 0 Å². The third-order valence-electron chi connectivity index (χ3n) is 2.44. The number of hydrogen-bond acceptors (Lipinski definition) is 4. The molecule has 2 rings (SSSR count). The molecule has 2 aromatic rings. The lowest BCUT2D eigenvalue weighted by Crippen LogP contribution is -2.03. The van der Waals surface area contributed by atoms with Gasteiger partial charge in [0.15, 0.2) is 6.39 Å². The minimum atomic E-state index is -0.279. The Bertz CT molecular complexity index is 599. The van der Waals surface area contributed by atoms with Crippen molar-refractivity contribution in [2.24, 2.45) is 10.7 Å². The molecule has 0 saturated carbocycles. The van der Waals surface area contributed by atoms with E-state index in [0.29, 0.717) is 22.7 Å². The van der Waals surface area contributed by atoms with Crippen LogP contribution in [0.4, 0.5) is 4.39 Å². The molecule has 2 N–H and O–H groups in total. The monoisotopic (exact) mass is 259 g/mol. The van der Waals surface area contributed by atoms with Gasteiger partial charge in [-0.15, -0.1) is 0 Å². The summed E-state index contributed by atoms with van der Waals surface area (Å²) in [5.41, 5.74) is 7.90. The van der Waals surface area contributed by atoms with Crippen LogP contribution in [0, 0.1) is 5.82 Å². The first-order valence-corrected chi connectivity index (χ1v) is 5.77. The van der Waals surface area contributed by atoms with E-state index in [1.165, 1.54) is 18.7 Å². The van der Waals surface area contributed by atoms with Gasteiger partial charge in [0.25, 0.3) is 0 Å². The van der Waals surface area contributed by atoms with E-state index in [2.05, 4.69) is 9.98 Å². The zero-order valence-electron chi connectivity index (χ0n) is 10.5. The van der Waals surface area contributed by atoms with Crippen LogP contribution < -0.4 is 5.73 Å². The van der Waals surface area contributed by atoms with Crippen molar-refractivity contribution in [1.82, 2.24) is 4.98 Å². The van der Waals surface area contributed by atoms with E-state index in [1.54, 1.807) is 31.2 Å². The van der Waals surface area contributed by atoms with Crippen LogP contribution in [0.3, 0.4) is 0 Å². The van der Waals surface area contributed by atoms with Gasteiger partial charge in [-0.25, -0.2) is 9.37 Å². The summed E-state index contributed by atoms with van der Waals surface area (Å²) in [6.45, 7) is 1.97. The summed E-state index contributed by atoms with van der Waals surface area (Å²) in [6, 6.07) is 6.52. The Morgan fingerprint density at radius 1 is 1.47 bits per heavy atom. The van der Waals surface area contributed by atoms with Crippen LogP contribution >= 0.6 is 0 Å². The molecule has 19 heavy (non-hydrogen) atoms. The van der Waals surface area contributed by atoms with E-state index >= 15 is 0 Å². The summed E-state index contributed by atoms with van der Waals surface area (Å²) in [4.78, 5) is 8.35. The Kier molecular flexibility index (Phi) is 4.07. The molecule has 0 radical (unpaired) electrons. The molecule has 5 heteroatoms. The average molecular weight is 259 g/mol. The van der Waals surface area contributed by atoms with Crippen LogP contribution in [0.5, 0.6) is 0 Å². The molecule has 0 saturated heterocycles. The molecule has 0 fully saturated rings. The number of rotatable bonds is 4.